The molecule has 0 saturated carbocycles. The smallest absolute Gasteiger partial charge is 0.309 e. The van der Waals surface area contributed by atoms with Crippen molar-refractivity contribution in [3.8, 4) is 11.1 Å². The Hall–Kier alpha value is -2.62. The van der Waals surface area contributed by atoms with Crippen LogP contribution in [0.2, 0.25) is 0 Å². The molecule has 0 radical (unpaired) electrons. The van der Waals surface area contributed by atoms with Gasteiger partial charge in [-0.3, -0.25) is 0 Å². The minimum Gasteiger partial charge on any atom is -0.352 e. The molecule has 98 valence electrons. The first-order valence-electron chi connectivity index (χ1n) is 5.68. The predicted octanol–water partition coefficient (Wildman–Crippen LogP) is 2.10. The standard InChI is InChI=1S/C13H10.CH4N2O.CH2O/c1-3-7-12-10(5-1)9-11-6-2-4-8-13(11)12;2-1(3)4;1-2/h1-8H,9H2;(H4,2,3,4);1H2. The summed E-state index contributed by atoms with van der Waals surface area (Å²) in [4.78, 5) is 17.0. The molecule has 2 amide bonds. The molecule has 4 N–H and O–H groups in total. The summed E-state index contributed by atoms with van der Waals surface area (Å²) in [6.45, 7) is 2.00. The summed E-state index contributed by atoms with van der Waals surface area (Å²) in [5, 5.41) is 0. The van der Waals surface area contributed by atoms with E-state index in [1.54, 1.807) is 0 Å². The predicted molar refractivity (Wildman–Crippen MR) is 75.6 cm³/mol. The quantitative estimate of drug-likeness (QED) is 0.645. The minimum atomic E-state index is -0.833. The van der Waals surface area contributed by atoms with Crippen LogP contribution < -0.4 is 11.5 Å². The van der Waals surface area contributed by atoms with Crippen molar-refractivity contribution in [3.63, 3.8) is 0 Å². The van der Waals surface area contributed by atoms with E-state index in [9.17, 15) is 0 Å². The highest BCUT2D eigenvalue weighted by Gasteiger charge is 2.15. The summed E-state index contributed by atoms with van der Waals surface area (Å²) in [5.41, 5.74) is 14.3. The van der Waals surface area contributed by atoms with Crippen LogP contribution in [0.15, 0.2) is 48.5 Å². The number of rotatable bonds is 0. The first-order chi connectivity index (χ1) is 9.18. The Morgan fingerprint density at radius 2 is 1.16 bits per heavy atom. The second-order valence-corrected chi connectivity index (χ2v) is 3.89. The Morgan fingerprint density at radius 1 is 0.842 bits per heavy atom. The molecule has 0 aromatic heterocycles. The third-order valence-corrected chi connectivity index (χ3v) is 2.71. The molecule has 19 heavy (non-hydrogen) atoms. The van der Waals surface area contributed by atoms with Crippen LogP contribution in [0.3, 0.4) is 0 Å². The Bertz CT molecular complexity index is 520. The van der Waals surface area contributed by atoms with Gasteiger partial charge in [-0.2, -0.15) is 0 Å². The average Bonchev–Trinajstić information content (AvgIpc) is 2.79. The lowest BCUT2D eigenvalue weighted by atomic mass is 10.1. The van der Waals surface area contributed by atoms with Gasteiger partial charge in [-0.1, -0.05) is 48.5 Å². The molecule has 4 heteroatoms. The maximum atomic E-state index is 9.00. The number of carbonyl (C=O) groups is 2. The zero-order chi connectivity index (χ0) is 14.3. The zero-order valence-corrected chi connectivity index (χ0v) is 10.5. The van der Waals surface area contributed by atoms with Crippen LogP contribution in [0.4, 0.5) is 4.79 Å². The molecular formula is C15H16N2O2. The van der Waals surface area contributed by atoms with Gasteiger partial charge in [0.15, 0.2) is 0 Å². The summed E-state index contributed by atoms with van der Waals surface area (Å²) in [5.74, 6) is 0. The van der Waals surface area contributed by atoms with Crippen LogP contribution in [0.1, 0.15) is 11.1 Å². The second-order valence-electron chi connectivity index (χ2n) is 3.89. The Labute approximate surface area is 112 Å². The molecule has 2 aromatic carbocycles. The monoisotopic (exact) mass is 256 g/mol. The molecule has 1 aliphatic carbocycles. The maximum Gasteiger partial charge on any atom is 0.309 e. The van der Waals surface area contributed by atoms with Crippen molar-refractivity contribution in [1.29, 1.82) is 0 Å². The van der Waals surface area contributed by atoms with E-state index >= 15 is 0 Å². The molecule has 1 aliphatic rings. The molecule has 0 saturated heterocycles. The molecule has 0 bridgehead atoms. The molecule has 0 spiro atoms. The summed E-state index contributed by atoms with van der Waals surface area (Å²) in [6.07, 6.45) is 1.10. The average molecular weight is 256 g/mol. The van der Waals surface area contributed by atoms with E-state index in [2.05, 4.69) is 60.0 Å². The lowest BCUT2D eigenvalue weighted by Crippen LogP contribution is -2.18. The van der Waals surface area contributed by atoms with Gasteiger partial charge in [0.05, 0.1) is 0 Å². The second kappa shape index (κ2) is 6.96. The summed E-state index contributed by atoms with van der Waals surface area (Å²) in [6, 6.07) is 16.5. The molecule has 0 fully saturated rings. The third-order valence-electron chi connectivity index (χ3n) is 2.71. The van der Waals surface area contributed by atoms with Crippen molar-refractivity contribution in [2.45, 2.75) is 6.42 Å². The Morgan fingerprint density at radius 3 is 1.53 bits per heavy atom. The van der Waals surface area contributed by atoms with Crippen molar-refractivity contribution in [1.82, 2.24) is 0 Å². The molecule has 0 atom stereocenters. The highest BCUT2D eigenvalue weighted by atomic mass is 16.2. The van der Waals surface area contributed by atoms with E-state index in [1.165, 1.54) is 22.3 Å². The molecule has 0 heterocycles. The third kappa shape index (κ3) is 3.67. The van der Waals surface area contributed by atoms with Gasteiger partial charge < -0.3 is 16.3 Å². The highest BCUT2D eigenvalue weighted by Crippen LogP contribution is 2.35. The van der Waals surface area contributed by atoms with E-state index in [1.807, 2.05) is 6.79 Å². The van der Waals surface area contributed by atoms with Gasteiger partial charge in [0.2, 0.25) is 0 Å². The van der Waals surface area contributed by atoms with Gasteiger partial charge in [-0.05, 0) is 28.7 Å². The van der Waals surface area contributed by atoms with Crippen molar-refractivity contribution in [2.24, 2.45) is 11.5 Å². The number of hydrogen-bond acceptors (Lipinski definition) is 2. The van der Waals surface area contributed by atoms with Gasteiger partial charge in [0.1, 0.15) is 6.79 Å². The van der Waals surface area contributed by atoms with Gasteiger partial charge in [-0.25, -0.2) is 4.79 Å². The fraction of sp³-hybridized carbons (Fsp3) is 0.0667. The fourth-order valence-corrected chi connectivity index (χ4v) is 2.08. The van der Waals surface area contributed by atoms with Crippen LogP contribution >= 0.6 is 0 Å². The molecule has 0 unspecified atom stereocenters. The van der Waals surface area contributed by atoms with E-state index in [0.29, 0.717) is 0 Å². The summed E-state index contributed by atoms with van der Waals surface area (Å²) >= 11 is 0. The molecule has 2 aromatic rings. The number of hydrogen-bond donors (Lipinski definition) is 2. The Balaban J connectivity index is 0.000000262. The van der Waals surface area contributed by atoms with Crippen molar-refractivity contribution in [2.75, 3.05) is 0 Å². The van der Waals surface area contributed by atoms with Gasteiger partial charge in [0, 0.05) is 0 Å². The number of nitrogens with two attached hydrogens (primary N) is 2. The van der Waals surface area contributed by atoms with E-state index in [0.717, 1.165) is 6.42 Å². The van der Waals surface area contributed by atoms with Crippen LogP contribution in [-0.2, 0) is 11.2 Å². The van der Waals surface area contributed by atoms with E-state index in [-0.39, 0.29) is 0 Å². The summed E-state index contributed by atoms with van der Waals surface area (Å²) in [7, 11) is 0. The zero-order valence-electron chi connectivity index (χ0n) is 10.5. The molecule has 4 nitrogen and oxygen atoms in total. The van der Waals surface area contributed by atoms with Crippen LogP contribution in [0, 0.1) is 0 Å². The fourth-order valence-electron chi connectivity index (χ4n) is 2.08. The van der Waals surface area contributed by atoms with Crippen LogP contribution in [-0.4, -0.2) is 12.8 Å². The topological polar surface area (TPSA) is 86.2 Å². The van der Waals surface area contributed by atoms with Crippen molar-refractivity contribution in [3.05, 3.63) is 59.7 Å². The largest absolute Gasteiger partial charge is 0.352 e. The van der Waals surface area contributed by atoms with Crippen molar-refractivity contribution < 1.29 is 9.59 Å². The normalized spacial score (nSPS) is 9.89. The number of carbonyl (C=O) groups excluding carboxylic acids is 2. The van der Waals surface area contributed by atoms with Gasteiger partial charge >= 0.3 is 6.03 Å². The number of amides is 2. The number of primary amides is 2. The number of benzene rings is 2. The minimum absolute atomic E-state index is 0.833. The first kappa shape index (κ1) is 14.4. The maximum absolute atomic E-state index is 9.00. The SMILES string of the molecule is C=O.NC(N)=O.c1ccc2c(c1)Cc1ccccc1-2. The lowest BCUT2D eigenvalue weighted by molar-refractivity contribution is -0.0979. The van der Waals surface area contributed by atoms with Crippen molar-refractivity contribution >= 4 is 12.8 Å². The molecule has 3 rings (SSSR count). The lowest BCUT2D eigenvalue weighted by Gasteiger charge is -1.98. The van der Waals surface area contributed by atoms with Gasteiger partial charge in [0.25, 0.3) is 0 Å². The van der Waals surface area contributed by atoms with Gasteiger partial charge in [-0.15, -0.1) is 0 Å². The summed E-state index contributed by atoms with van der Waals surface area (Å²) < 4.78 is 0. The van der Waals surface area contributed by atoms with Crippen LogP contribution in [0.25, 0.3) is 11.1 Å². The Kier molecular flexibility index (Phi) is 5.29. The number of urea groups is 1. The highest BCUT2D eigenvalue weighted by molar-refractivity contribution is 5.76. The van der Waals surface area contributed by atoms with E-state index < -0.39 is 6.03 Å². The van der Waals surface area contributed by atoms with E-state index in [4.69, 9.17) is 9.59 Å². The number of fused-ring (bicyclic) bond motifs is 3. The van der Waals surface area contributed by atoms with Crippen LogP contribution in [0.5, 0.6) is 0 Å². The molecule has 0 aliphatic heterocycles. The first-order valence-corrected chi connectivity index (χ1v) is 5.68. The molecular weight excluding hydrogens is 240 g/mol.